The Bertz CT molecular complexity index is 716. The van der Waals surface area contributed by atoms with Crippen LogP contribution >= 0.6 is 0 Å². The van der Waals surface area contributed by atoms with Crippen molar-refractivity contribution in [1.29, 1.82) is 0 Å². The van der Waals surface area contributed by atoms with E-state index in [1.54, 1.807) is 0 Å². The van der Waals surface area contributed by atoms with Gasteiger partial charge in [-0.05, 0) is 127 Å². The smallest absolute Gasteiger partial charge is 0.0594 e. The Morgan fingerprint density at radius 2 is 1.42 bits per heavy atom. The zero-order valence-corrected chi connectivity index (χ0v) is 21.3. The van der Waals surface area contributed by atoms with Crippen LogP contribution in [0.15, 0.2) is 0 Å². The molecule has 0 heterocycles. The largest absolute Gasteiger partial charge is 0.396 e. The van der Waals surface area contributed by atoms with E-state index in [2.05, 4.69) is 41.5 Å². The van der Waals surface area contributed by atoms with Gasteiger partial charge in [0.1, 0.15) is 0 Å². The molecule has 0 aromatic rings. The molecule has 5 saturated carbocycles. The molecule has 2 N–H and O–H groups in total. The van der Waals surface area contributed by atoms with E-state index in [0.717, 1.165) is 24.2 Å². The third-order valence-electron chi connectivity index (χ3n) is 13.5. The molecule has 5 aliphatic carbocycles. The van der Waals surface area contributed by atoms with Crippen molar-refractivity contribution in [3.8, 4) is 0 Å². The molecule has 0 bridgehead atoms. The van der Waals surface area contributed by atoms with E-state index >= 15 is 0 Å². The summed E-state index contributed by atoms with van der Waals surface area (Å²) in [5, 5.41) is 20.9. The minimum absolute atomic E-state index is 0.0505. The summed E-state index contributed by atoms with van der Waals surface area (Å²) in [6.45, 7) is 15.8. The lowest BCUT2D eigenvalue weighted by Gasteiger charge is -2.73. The third-order valence-corrected chi connectivity index (χ3v) is 13.5. The number of hydrogen-bond donors (Lipinski definition) is 2. The molecule has 10 atom stereocenters. The summed E-state index contributed by atoms with van der Waals surface area (Å²) in [6, 6.07) is 0. The Morgan fingerprint density at radius 3 is 2.13 bits per heavy atom. The van der Waals surface area contributed by atoms with E-state index in [9.17, 15) is 10.2 Å². The summed E-state index contributed by atoms with van der Waals surface area (Å²) >= 11 is 0. The lowest BCUT2D eigenvalue weighted by molar-refractivity contribution is -0.251. The third kappa shape index (κ3) is 2.82. The predicted molar refractivity (Wildman–Crippen MR) is 128 cm³/mol. The Balaban J connectivity index is 1.51. The van der Waals surface area contributed by atoms with Crippen LogP contribution in [0.4, 0.5) is 0 Å². The highest BCUT2D eigenvalue weighted by atomic mass is 16.3. The molecule has 0 radical (unpaired) electrons. The van der Waals surface area contributed by atoms with Crippen molar-refractivity contribution in [2.24, 2.45) is 56.7 Å². The fourth-order valence-corrected chi connectivity index (χ4v) is 11.2. The second-order valence-corrected chi connectivity index (χ2v) is 14.6. The van der Waals surface area contributed by atoms with Gasteiger partial charge in [-0.1, -0.05) is 41.5 Å². The predicted octanol–water partition coefficient (Wildman–Crippen LogP) is 6.83. The maximum atomic E-state index is 10.9. The molecular formula is C29H50O2. The van der Waals surface area contributed by atoms with Crippen LogP contribution < -0.4 is 0 Å². The highest BCUT2D eigenvalue weighted by molar-refractivity contribution is 5.18. The topological polar surface area (TPSA) is 40.5 Å². The SMILES string of the molecule is CC1(C)[C@@H](O)CC[C@]2(C)[C@H]3CC[C@@H]4[C@@H]5C[C@@H](CO)CC[C@]5(C)CC[C@@]4(C)[C@]3(C)CC[C@@H]12. The van der Waals surface area contributed by atoms with Crippen LogP contribution in [-0.2, 0) is 0 Å². The Morgan fingerprint density at radius 1 is 0.677 bits per heavy atom. The molecule has 0 saturated heterocycles. The van der Waals surface area contributed by atoms with Crippen molar-refractivity contribution >= 4 is 0 Å². The highest BCUT2D eigenvalue weighted by Gasteiger charge is 2.69. The van der Waals surface area contributed by atoms with E-state index in [1.165, 1.54) is 64.2 Å². The van der Waals surface area contributed by atoms with Crippen LogP contribution in [0.25, 0.3) is 0 Å². The number of aliphatic hydroxyl groups is 2. The number of rotatable bonds is 1. The second kappa shape index (κ2) is 6.97. The first-order valence-electron chi connectivity index (χ1n) is 13.7. The van der Waals surface area contributed by atoms with Gasteiger partial charge in [0.25, 0.3) is 0 Å². The van der Waals surface area contributed by atoms with Crippen molar-refractivity contribution in [2.45, 2.75) is 118 Å². The molecular weight excluding hydrogens is 380 g/mol. The lowest BCUT2D eigenvalue weighted by Crippen LogP contribution is -2.66. The van der Waals surface area contributed by atoms with E-state index in [0.29, 0.717) is 40.1 Å². The summed E-state index contributed by atoms with van der Waals surface area (Å²) in [4.78, 5) is 0. The summed E-state index contributed by atoms with van der Waals surface area (Å²) in [7, 11) is 0. The highest BCUT2D eigenvalue weighted by Crippen LogP contribution is 2.76. The minimum atomic E-state index is -0.130. The first kappa shape index (κ1) is 22.7. The van der Waals surface area contributed by atoms with E-state index in [1.807, 2.05) is 0 Å². The van der Waals surface area contributed by atoms with Gasteiger partial charge in [0.2, 0.25) is 0 Å². The zero-order valence-electron chi connectivity index (χ0n) is 21.3. The van der Waals surface area contributed by atoms with Gasteiger partial charge in [-0.15, -0.1) is 0 Å². The average Bonchev–Trinajstić information content (AvgIpc) is 2.71. The Hall–Kier alpha value is -0.0800. The van der Waals surface area contributed by atoms with E-state index in [4.69, 9.17) is 0 Å². The van der Waals surface area contributed by atoms with Crippen molar-refractivity contribution in [3.63, 3.8) is 0 Å². The first-order chi connectivity index (χ1) is 14.4. The summed E-state index contributed by atoms with van der Waals surface area (Å²) in [5.74, 6) is 3.65. The maximum absolute atomic E-state index is 10.9. The van der Waals surface area contributed by atoms with Gasteiger partial charge < -0.3 is 10.2 Å². The van der Waals surface area contributed by atoms with Crippen molar-refractivity contribution in [1.82, 2.24) is 0 Å². The van der Waals surface area contributed by atoms with Gasteiger partial charge in [-0.2, -0.15) is 0 Å². The number of aliphatic hydroxyl groups excluding tert-OH is 2. The summed E-state index contributed by atoms with van der Waals surface area (Å²) < 4.78 is 0. The molecule has 178 valence electrons. The molecule has 0 aromatic heterocycles. The second-order valence-electron chi connectivity index (χ2n) is 14.6. The quantitative estimate of drug-likeness (QED) is 0.478. The molecule has 0 aromatic carbocycles. The standard InChI is InChI=1S/C29H50O2/c1-25(2)22-10-14-29(6)23(27(22,4)13-11-24(25)31)8-7-20-21-17-19(18-30)9-12-26(21,3)15-16-28(20,29)5/h19-24,30-31H,7-18H2,1-6H3/t19-,20+,21-,22-,23+,24-,26+,27-,28+,29+/m0/s1. The van der Waals surface area contributed by atoms with Crippen LogP contribution in [0.2, 0.25) is 0 Å². The fourth-order valence-electron chi connectivity index (χ4n) is 11.2. The number of fused-ring (bicyclic) bond motifs is 7. The minimum Gasteiger partial charge on any atom is -0.396 e. The lowest BCUT2D eigenvalue weighted by atomic mass is 9.32. The normalized spacial score (nSPS) is 58.5. The molecule has 0 aliphatic heterocycles. The van der Waals surface area contributed by atoms with Crippen molar-refractivity contribution in [2.75, 3.05) is 6.61 Å². The van der Waals surface area contributed by atoms with Crippen LogP contribution in [0, 0.1) is 56.7 Å². The first-order valence-corrected chi connectivity index (χ1v) is 13.7. The molecule has 0 spiro atoms. The van der Waals surface area contributed by atoms with Gasteiger partial charge in [-0.25, -0.2) is 0 Å². The summed E-state index contributed by atoms with van der Waals surface area (Å²) in [5.41, 5.74) is 1.80. The average molecular weight is 431 g/mol. The van der Waals surface area contributed by atoms with E-state index < -0.39 is 0 Å². The molecule has 0 unspecified atom stereocenters. The maximum Gasteiger partial charge on any atom is 0.0594 e. The van der Waals surface area contributed by atoms with Gasteiger partial charge >= 0.3 is 0 Å². The van der Waals surface area contributed by atoms with Crippen LogP contribution in [0.1, 0.15) is 112 Å². The molecule has 0 amide bonds. The molecule has 31 heavy (non-hydrogen) atoms. The molecule has 2 heteroatoms. The Kier molecular flexibility index (Phi) is 5.10. The van der Waals surface area contributed by atoms with Crippen LogP contribution in [-0.4, -0.2) is 22.9 Å². The Labute approximate surface area is 192 Å². The van der Waals surface area contributed by atoms with Crippen molar-refractivity contribution < 1.29 is 10.2 Å². The molecule has 5 aliphatic rings. The van der Waals surface area contributed by atoms with Gasteiger partial charge in [0, 0.05) is 6.61 Å². The summed E-state index contributed by atoms with van der Waals surface area (Å²) in [6.07, 6.45) is 14.2. The van der Waals surface area contributed by atoms with Gasteiger partial charge in [0.05, 0.1) is 6.10 Å². The monoisotopic (exact) mass is 430 g/mol. The fraction of sp³-hybridized carbons (Fsp3) is 1.00. The van der Waals surface area contributed by atoms with E-state index in [-0.39, 0.29) is 11.5 Å². The molecule has 5 fully saturated rings. The van der Waals surface area contributed by atoms with Crippen molar-refractivity contribution in [3.05, 3.63) is 0 Å². The van der Waals surface area contributed by atoms with Crippen LogP contribution in [0.5, 0.6) is 0 Å². The van der Waals surface area contributed by atoms with Gasteiger partial charge in [-0.3, -0.25) is 0 Å². The van der Waals surface area contributed by atoms with Gasteiger partial charge in [0.15, 0.2) is 0 Å². The zero-order chi connectivity index (χ0) is 22.4. The number of hydrogen-bond acceptors (Lipinski definition) is 2. The molecule has 2 nitrogen and oxygen atoms in total. The molecule has 5 rings (SSSR count). The van der Waals surface area contributed by atoms with Crippen LogP contribution in [0.3, 0.4) is 0 Å².